The predicted octanol–water partition coefficient (Wildman–Crippen LogP) is 0.0363. The zero-order valence-corrected chi connectivity index (χ0v) is 16.4. The van der Waals surface area contributed by atoms with E-state index in [1.54, 1.807) is 0 Å². The molecule has 1 fully saturated rings. The van der Waals surface area contributed by atoms with Crippen LogP contribution in [0.5, 0.6) is 0 Å². The molecule has 0 bridgehead atoms. The first-order chi connectivity index (χ1) is 12.2. The number of carbonyl (C=O) groups excluding carboxylic acids is 1. The van der Waals surface area contributed by atoms with E-state index in [2.05, 4.69) is 10.0 Å². The van der Waals surface area contributed by atoms with Gasteiger partial charge in [0.1, 0.15) is 6.04 Å². The molecule has 1 aliphatic heterocycles. The van der Waals surface area contributed by atoms with E-state index in [4.69, 9.17) is 0 Å². The molecule has 0 saturated carbocycles. The van der Waals surface area contributed by atoms with Crippen molar-refractivity contribution < 1.29 is 21.6 Å². The molecule has 146 valence electrons. The predicted molar refractivity (Wildman–Crippen MR) is 99.3 cm³/mol. The number of hydrogen-bond donors (Lipinski definition) is 2. The molecule has 1 heterocycles. The fraction of sp³-hybridized carbons (Fsp3) is 0.562. The van der Waals surface area contributed by atoms with Gasteiger partial charge in [-0.3, -0.25) is 4.79 Å². The molecule has 2 rings (SSSR count). The Morgan fingerprint density at radius 1 is 1.15 bits per heavy atom. The summed E-state index contributed by atoms with van der Waals surface area (Å²) in [4.78, 5) is 12.3. The van der Waals surface area contributed by atoms with Crippen LogP contribution in [0.2, 0.25) is 0 Å². The van der Waals surface area contributed by atoms with Gasteiger partial charge < -0.3 is 5.32 Å². The third-order valence-corrected chi connectivity index (χ3v) is 6.81. The number of rotatable bonds is 8. The zero-order valence-electron chi connectivity index (χ0n) is 14.7. The number of amides is 1. The van der Waals surface area contributed by atoms with Crippen LogP contribution in [0.15, 0.2) is 30.3 Å². The van der Waals surface area contributed by atoms with E-state index in [0.29, 0.717) is 19.4 Å². The molecule has 0 radical (unpaired) electrons. The number of nitrogens with zero attached hydrogens (tertiary/aromatic N) is 1. The minimum Gasteiger partial charge on any atom is -0.354 e. The maximum atomic E-state index is 12.3. The van der Waals surface area contributed by atoms with Crippen molar-refractivity contribution in [2.45, 2.75) is 31.8 Å². The normalized spacial score (nSPS) is 19.2. The highest BCUT2D eigenvalue weighted by Gasteiger charge is 2.34. The van der Waals surface area contributed by atoms with Gasteiger partial charge in [0, 0.05) is 19.6 Å². The van der Waals surface area contributed by atoms with Gasteiger partial charge in [0.25, 0.3) is 0 Å². The summed E-state index contributed by atoms with van der Waals surface area (Å²) in [5, 5.41) is 2.54. The average molecular weight is 404 g/mol. The molecule has 1 aromatic rings. The van der Waals surface area contributed by atoms with Crippen LogP contribution in [0.3, 0.4) is 0 Å². The smallest absolute Gasteiger partial charge is 0.238 e. The first-order valence-corrected chi connectivity index (χ1v) is 11.9. The van der Waals surface area contributed by atoms with E-state index in [1.165, 1.54) is 4.31 Å². The van der Waals surface area contributed by atoms with Gasteiger partial charge in [-0.25, -0.2) is 21.6 Å². The summed E-state index contributed by atoms with van der Waals surface area (Å²) in [7, 11) is -7.02. The van der Waals surface area contributed by atoms with Crippen LogP contribution < -0.4 is 10.0 Å². The molecule has 0 aliphatic carbocycles. The molecule has 1 aliphatic rings. The second-order valence-electron chi connectivity index (χ2n) is 6.30. The van der Waals surface area contributed by atoms with E-state index in [-0.39, 0.29) is 18.8 Å². The van der Waals surface area contributed by atoms with Gasteiger partial charge in [0.05, 0.1) is 12.0 Å². The van der Waals surface area contributed by atoms with Crippen LogP contribution in [0.4, 0.5) is 0 Å². The van der Waals surface area contributed by atoms with E-state index in [0.717, 1.165) is 18.2 Å². The van der Waals surface area contributed by atoms with Crippen molar-refractivity contribution in [3.05, 3.63) is 35.9 Å². The number of piperidine rings is 1. The van der Waals surface area contributed by atoms with Crippen molar-refractivity contribution in [3.63, 3.8) is 0 Å². The lowest BCUT2D eigenvalue weighted by Gasteiger charge is -2.32. The fourth-order valence-corrected chi connectivity index (χ4v) is 4.88. The van der Waals surface area contributed by atoms with E-state index >= 15 is 0 Å². The number of carbonyl (C=O) groups is 1. The van der Waals surface area contributed by atoms with Crippen LogP contribution in [0, 0.1) is 0 Å². The third kappa shape index (κ3) is 6.35. The molecule has 0 spiro atoms. The Morgan fingerprint density at radius 2 is 1.85 bits per heavy atom. The molecule has 1 atom stereocenters. The summed E-state index contributed by atoms with van der Waals surface area (Å²) in [6.07, 6.45) is 3.00. The molecule has 10 heteroatoms. The summed E-state index contributed by atoms with van der Waals surface area (Å²) in [5.41, 5.74) is 0.839. The molecule has 1 saturated heterocycles. The van der Waals surface area contributed by atoms with Crippen molar-refractivity contribution >= 4 is 26.0 Å². The van der Waals surface area contributed by atoms with Gasteiger partial charge in [0.15, 0.2) is 0 Å². The summed E-state index contributed by atoms with van der Waals surface area (Å²) in [6, 6.07) is 8.35. The van der Waals surface area contributed by atoms with Gasteiger partial charge in [0.2, 0.25) is 26.0 Å². The monoisotopic (exact) mass is 403 g/mol. The molecule has 1 aromatic carbocycles. The molecular weight excluding hydrogens is 378 g/mol. The number of hydrogen-bond acceptors (Lipinski definition) is 5. The molecule has 1 amide bonds. The first-order valence-electron chi connectivity index (χ1n) is 8.45. The molecule has 2 N–H and O–H groups in total. The van der Waals surface area contributed by atoms with Crippen molar-refractivity contribution in [1.29, 1.82) is 0 Å². The minimum atomic E-state index is -3.54. The number of benzene rings is 1. The van der Waals surface area contributed by atoms with Crippen LogP contribution >= 0.6 is 0 Å². The lowest BCUT2D eigenvalue weighted by Crippen LogP contribution is -2.52. The Morgan fingerprint density at radius 3 is 2.50 bits per heavy atom. The van der Waals surface area contributed by atoms with Crippen LogP contribution in [0.25, 0.3) is 0 Å². The maximum absolute atomic E-state index is 12.3. The first kappa shape index (κ1) is 20.8. The Bertz CT molecular complexity index is 810. The molecular formula is C16H25N3O5S2. The quantitative estimate of drug-likeness (QED) is 0.636. The second kappa shape index (κ2) is 8.94. The van der Waals surface area contributed by atoms with E-state index in [1.807, 2.05) is 30.3 Å². The van der Waals surface area contributed by atoms with Gasteiger partial charge in [-0.1, -0.05) is 36.8 Å². The highest BCUT2D eigenvalue weighted by atomic mass is 32.2. The lowest BCUT2D eigenvalue weighted by molar-refractivity contribution is -0.125. The maximum Gasteiger partial charge on any atom is 0.238 e. The molecule has 8 nitrogen and oxygen atoms in total. The lowest BCUT2D eigenvalue weighted by atomic mass is 10.0. The Hall–Kier alpha value is -1.49. The summed E-state index contributed by atoms with van der Waals surface area (Å²) >= 11 is 0. The van der Waals surface area contributed by atoms with Crippen LogP contribution in [0.1, 0.15) is 24.8 Å². The summed E-state index contributed by atoms with van der Waals surface area (Å²) in [6.45, 7) is 0.423. The van der Waals surface area contributed by atoms with Crippen molar-refractivity contribution in [3.8, 4) is 0 Å². The summed E-state index contributed by atoms with van der Waals surface area (Å²) in [5.74, 6) is -0.717. The molecule has 1 unspecified atom stereocenters. The van der Waals surface area contributed by atoms with Crippen LogP contribution in [-0.2, 0) is 31.4 Å². The molecule has 0 aromatic heterocycles. The highest BCUT2D eigenvalue weighted by molar-refractivity contribution is 7.89. The highest BCUT2D eigenvalue weighted by Crippen LogP contribution is 2.19. The standard InChI is InChI=1S/C16H25N3O5S2/c1-25(21,22)19-11-6-5-9-15(19)16(20)17-10-12-26(23,24)18-13-14-7-3-2-4-8-14/h2-4,7-8,15,18H,5-6,9-13H2,1H3,(H,17,20). The number of nitrogens with one attached hydrogen (secondary N) is 2. The number of sulfonamides is 2. The van der Waals surface area contributed by atoms with Gasteiger partial charge >= 0.3 is 0 Å². The largest absolute Gasteiger partial charge is 0.354 e. The summed E-state index contributed by atoms with van der Waals surface area (Å²) < 4.78 is 51.3. The second-order valence-corrected chi connectivity index (χ2v) is 10.2. The Kier molecular flexibility index (Phi) is 7.16. The topological polar surface area (TPSA) is 113 Å². The van der Waals surface area contributed by atoms with E-state index < -0.39 is 32.0 Å². The third-order valence-electron chi connectivity index (χ3n) is 4.19. The van der Waals surface area contributed by atoms with E-state index in [9.17, 15) is 21.6 Å². The Balaban J connectivity index is 1.83. The van der Waals surface area contributed by atoms with Crippen molar-refractivity contribution in [2.75, 3.05) is 25.1 Å². The Labute approximate surface area is 155 Å². The fourth-order valence-electron chi connectivity index (χ4n) is 2.85. The minimum absolute atomic E-state index is 0.0724. The van der Waals surface area contributed by atoms with Crippen molar-refractivity contribution in [1.82, 2.24) is 14.3 Å². The SMILES string of the molecule is CS(=O)(=O)N1CCCCC1C(=O)NCCS(=O)(=O)NCc1ccccc1. The zero-order chi connectivity index (χ0) is 19.2. The van der Waals surface area contributed by atoms with Crippen LogP contribution in [-0.4, -0.2) is 58.2 Å². The van der Waals surface area contributed by atoms with Gasteiger partial charge in [-0.15, -0.1) is 0 Å². The average Bonchev–Trinajstić information content (AvgIpc) is 2.60. The van der Waals surface area contributed by atoms with Gasteiger partial charge in [-0.2, -0.15) is 4.31 Å². The molecule has 26 heavy (non-hydrogen) atoms. The van der Waals surface area contributed by atoms with Crippen molar-refractivity contribution in [2.24, 2.45) is 0 Å². The van der Waals surface area contributed by atoms with Gasteiger partial charge in [-0.05, 0) is 18.4 Å².